The molecule has 92 valence electrons. The normalized spacial score (nSPS) is 14.6. The summed E-state index contributed by atoms with van der Waals surface area (Å²) in [5.41, 5.74) is 8.35. The molecular formula is C13H12BrN3O. The molecule has 0 fully saturated rings. The highest BCUT2D eigenvalue weighted by Gasteiger charge is 2.31. The van der Waals surface area contributed by atoms with Crippen LogP contribution in [0.15, 0.2) is 28.3 Å². The summed E-state index contributed by atoms with van der Waals surface area (Å²) in [5, 5.41) is 8.91. The van der Waals surface area contributed by atoms with E-state index >= 15 is 0 Å². The zero-order chi connectivity index (χ0) is 13.3. The number of carbonyl (C=O) groups is 1. The highest BCUT2D eigenvalue weighted by molar-refractivity contribution is 9.10. The lowest BCUT2D eigenvalue weighted by Gasteiger charge is -2.14. The maximum atomic E-state index is 12.2. The maximum Gasteiger partial charge on any atom is 0.256 e. The van der Waals surface area contributed by atoms with Crippen LogP contribution in [-0.4, -0.2) is 17.4 Å². The molecule has 0 saturated heterocycles. The van der Waals surface area contributed by atoms with Crippen molar-refractivity contribution in [3.63, 3.8) is 0 Å². The minimum atomic E-state index is -0.113. The smallest absolute Gasteiger partial charge is 0.256 e. The fourth-order valence-corrected chi connectivity index (χ4v) is 2.45. The number of allylic oxidation sites excluding steroid dienone is 1. The van der Waals surface area contributed by atoms with Crippen molar-refractivity contribution in [1.82, 2.24) is 4.90 Å². The number of rotatable bonds is 2. The van der Waals surface area contributed by atoms with Crippen LogP contribution in [0.2, 0.25) is 0 Å². The summed E-state index contributed by atoms with van der Waals surface area (Å²) in [6.45, 7) is 2.60. The van der Waals surface area contributed by atoms with E-state index in [0.717, 1.165) is 10.0 Å². The van der Waals surface area contributed by atoms with E-state index in [1.54, 1.807) is 24.0 Å². The Morgan fingerprint density at radius 2 is 2.39 bits per heavy atom. The summed E-state index contributed by atoms with van der Waals surface area (Å²) < 4.78 is 0.876. The lowest BCUT2D eigenvalue weighted by Crippen LogP contribution is -2.26. The Kier molecular flexibility index (Phi) is 3.39. The number of hydrogen-bond acceptors (Lipinski definition) is 3. The summed E-state index contributed by atoms with van der Waals surface area (Å²) in [5.74, 6) is -0.113. The van der Waals surface area contributed by atoms with Gasteiger partial charge in [-0.2, -0.15) is 5.26 Å². The number of nitriles is 1. The van der Waals surface area contributed by atoms with Crippen LogP contribution >= 0.6 is 15.9 Å². The first-order valence-corrected chi connectivity index (χ1v) is 6.29. The SMILES string of the molecule is C/C=C(\C#N)CN1Cc2c(Br)ccc(N)c2C1=O. The molecule has 1 aromatic carbocycles. The van der Waals surface area contributed by atoms with E-state index in [4.69, 9.17) is 11.0 Å². The third-order valence-corrected chi connectivity index (χ3v) is 3.73. The fourth-order valence-electron chi connectivity index (χ4n) is 1.99. The van der Waals surface area contributed by atoms with Gasteiger partial charge in [-0.1, -0.05) is 22.0 Å². The molecule has 0 spiro atoms. The van der Waals surface area contributed by atoms with Crippen molar-refractivity contribution < 1.29 is 4.79 Å². The van der Waals surface area contributed by atoms with Crippen molar-refractivity contribution in [2.24, 2.45) is 0 Å². The number of nitrogens with two attached hydrogens (primary N) is 1. The van der Waals surface area contributed by atoms with Crippen LogP contribution in [0, 0.1) is 11.3 Å². The maximum absolute atomic E-state index is 12.2. The molecule has 2 rings (SSSR count). The molecule has 1 aromatic rings. The average Bonchev–Trinajstić information content (AvgIpc) is 2.70. The zero-order valence-corrected chi connectivity index (χ0v) is 11.5. The Hall–Kier alpha value is -1.80. The second-order valence-corrected chi connectivity index (χ2v) is 4.93. The second-order valence-electron chi connectivity index (χ2n) is 4.08. The molecule has 0 aromatic heterocycles. The zero-order valence-electron chi connectivity index (χ0n) is 9.90. The molecule has 18 heavy (non-hydrogen) atoms. The predicted octanol–water partition coefficient (Wildman–Crippen LogP) is 2.46. The van der Waals surface area contributed by atoms with Crippen molar-refractivity contribution in [3.8, 4) is 6.07 Å². The first-order chi connectivity index (χ1) is 8.58. The van der Waals surface area contributed by atoms with Gasteiger partial charge in [0.1, 0.15) is 0 Å². The van der Waals surface area contributed by atoms with E-state index in [2.05, 4.69) is 22.0 Å². The topological polar surface area (TPSA) is 70.1 Å². The minimum Gasteiger partial charge on any atom is -0.398 e. The van der Waals surface area contributed by atoms with Crippen LogP contribution < -0.4 is 5.73 Å². The lowest BCUT2D eigenvalue weighted by atomic mass is 10.1. The summed E-state index contributed by atoms with van der Waals surface area (Å²) in [6.07, 6.45) is 1.72. The van der Waals surface area contributed by atoms with Crippen molar-refractivity contribution in [1.29, 1.82) is 5.26 Å². The standard InChI is InChI=1S/C13H12BrN3O/c1-2-8(5-15)6-17-7-9-10(14)3-4-11(16)12(9)13(17)18/h2-4H,6-7,16H2,1H3/b8-2+. The van der Waals surface area contributed by atoms with Gasteiger partial charge in [-0.15, -0.1) is 0 Å². The fraction of sp³-hybridized carbons (Fsp3) is 0.231. The average molecular weight is 306 g/mol. The summed E-state index contributed by atoms with van der Waals surface area (Å²) in [4.78, 5) is 13.9. The number of nitrogen functional groups attached to an aromatic ring is 1. The van der Waals surface area contributed by atoms with E-state index < -0.39 is 0 Å². The molecule has 0 atom stereocenters. The Balaban J connectivity index is 2.34. The highest BCUT2D eigenvalue weighted by atomic mass is 79.9. The van der Waals surface area contributed by atoms with Crippen LogP contribution in [0.4, 0.5) is 5.69 Å². The van der Waals surface area contributed by atoms with Crippen molar-refractivity contribution >= 4 is 27.5 Å². The molecule has 4 nitrogen and oxygen atoms in total. The summed E-state index contributed by atoms with van der Waals surface area (Å²) in [6, 6.07) is 5.63. The Morgan fingerprint density at radius 1 is 1.67 bits per heavy atom. The Bertz CT molecular complexity index is 587. The number of hydrogen-bond donors (Lipinski definition) is 1. The lowest BCUT2D eigenvalue weighted by molar-refractivity contribution is 0.0794. The molecular weight excluding hydrogens is 294 g/mol. The molecule has 1 amide bonds. The third kappa shape index (κ3) is 2.00. The molecule has 0 bridgehead atoms. The third-order valence-electron chi connectivity index (χ3n) is 2.99. The van der Waals surface area contributed by atoms with E-state index in [-0.39, 0.29) is 5.91 Å². The molecule has 0 radical (unpaired) electrons. The Labute approximate surface area is 114 Å². The van der Waals surface area contributed by atoms with Crippen molar-refractivity contribution in [2.75, 3.05) is 12.3 Å². The van der Waals surface area contributed by atoms with Gasteiger partial charge in [0.25, 0.3) is 5.91 Å². The summed E-state index contributed by atoms with van der Waals surface area (Å²) in [7, 11) is 0. The van der Waals surface area contributed by atoms with Crippen molar-refractivity contribution in [3.05, 3.63) is 39.4 Å². The van der Waals surface area contributed by atoms with Gasteiger partial charge >= 0.3 is 0 Å². The van der Waals surface area contributed by atoms with Crippen LogP contribution in [-0.2, 0) is 6.54 Å². The van der Waals surface area contributed by atoms with Crippen LogP contribution in [0.25, 0.3) is 0 Å². The number of halogens is 1. The monoisotopic (exact) mass is 305 g/mol. The van der Waals surface area contributed by atoms with E-state index in [9.17, 15) is 4.79 Å². The van der Waals surface area contributed by atoms with Gasteiger partial charge in [0.2, 0.25) is 0 Å². The van der Waals surface area contributed by atoms with Gasteiger partial charge in [0.05, 0.1) is 18.2 Å². The minimum absolute atomic E-state index is 0.113. The molecule has 1 heterocycles. The van der Waals surface area contributed by atoms with Crippen LogP contribution in [0.1, 0.15) is 22.8 Å². The van der Waals surface area contributed by atoms with E-state index in [1.165, 1.54) is 0 Å². The van der Waals surface area contributed by atoms with Gasteiger partial charge in [-0.25, -0.2) is 0 Å². The van der Waals surface area contributed by atoms with E-state index in [0.29, 0.717) is 29.9 Å². The first kappa shape index (κ1) is 12.7. The van der Waals surface area contributed by atoms with Crippen LogP contribution in [0.5, 0.6) is 0 Å². The Morgan fingerprint density at radius 3 is 2.94 bits per heavy atom. The highest BCUT2D eigenvalue weighted by Crippen LogP contribution is 2.33. The number of amides is 1. The molecule has 2 N–H and O–H groups in total. The molecule has 0 unspecified atom stereocenters. The number of carbonyl (C=O) groups excluding carboxylic acids is 1. The quantitative estimate of drug-likeness (QED) is 0.674. The molecule has 1 aliphatic heterocycles. The largest absolute Gasteiger partial charge is 0.398 e. The number of anilines is 1. The molecule has 1 aliphatic rings. The number of fused-ring (bicyclic) bond motifs is 1. The van der Waals surface area contributed by atoms with Gasteiger partial charge in [0.15, 0.2) is 0 Å². The van der Waals surface area contributed by atoms with Gasteiger partial charge < -0.3 is 10.6 Å². The second kappa shape index (κ2) is 4.83. The molecule has 0 aliphatic carbocycles. The first-order valence-electron chi connectivity index (χ1n) is 5.50. The predicted molar refractivity (Wildman–Crippen MR) is 72.7 cm³/mol. The van der Waals surface area contributed by atoms with Gasteiger partial charge in [0, 0.05) is 27.8 Å². The van der Waals surface area contributed by atoms with Gasteiger partial charge in [-0.3, -0.25) is 4.79 Å². The van der Waals surface area contributed by atoms with Crippen LogP contribution in [0.3, 0.4) is 0 Å². The van der Waals surface area contributed by atoms with Crippen molar-refractivity contribution in [2.45, 2.75) is 13.5 Å². The van der Waals surface area contributed by atoms with E-state index in [1.807, 2.05) is 6.07 Å². The van der Waals surface area contributed by atoms with Gasteiger partial charge in [-0.05, 0) is 19.1 Å². The summed E-state index contributed by atoms with van der Waals surface area (Å²) >= 11 is 3.42. The molecule has 0 saturated carbocycles. The molecule has 5 heteroatoms. The number of nitrogens with zero attached hydrogens (tertiary/aromatic N) is 2. The number of benzene rings is 1.